The number of anilines is 4. The fraction of sp³-hybridized carbons (Fsp3) is 0.115. The molecule has 0 saturated carbocycles. The Morgan fingerprint density at radius 3 is 2.35 bits per heavy atom. The Morgan fingerprint density at radius 2 is 1.65 bits per heavy atom. The lowest BCUT2D eigenvalue weighted by Gasteiger charge is -2.16. The average molecular weight is 457 g/mol. The SMILES string of the molecule is COC(=O)c1cccc(Nc2cc(C)c3ncc(C(N)=O)c(Nc4cccc(OC)c4)c3c2)c1. The summed E-state index contributed by atoms with van der Waals surface area (Å²) in [5.74, 6) is -0.340. The molecule has 4 rings (SSSR count). The van der Waals surface area contributed by atoms with E-state index in [1.165, 1.54) is 13.3 Å². The van der Waals surface area contributed by atoms with Crippen LogP contribution in [0, 0.1) is 6.92 Å². The molecule has 0 spiro atoms. The van der Waals surface area contributed by atoms with E-state index in [0.717, 1.165) is 22.5 Å². The van der Waals surface area contributed by atoms with E-state index in [2.05, 4.69) is 15.6 Å². The minimum absolute atomic E-state index is 0.263. The number of amides is 1. The van der Waals surface area contributed by atoms with Crippen LogP contribution < -0.4 is 21.1 Å². The van der Waals surface area contributed by atoms with Crippen LogP contribution in [-0.4, -0.2) is 31.1 Å². The van der Waals surface area contributed by atoms with Crippen molar-refractivity contribution in [3.05, 3.63) is 83.6 Å². The fourth-order valence-corrected chi connectivity index (χ4v) is 3.73. The first kappa shape index (κ1) is 22.6. The van der Waals surface area contributed by atoms with E-state index in [9.17, 15) is 9.59 Å². The zero-order valence-corrected chi connectivity index (χ0v) is 19.0. The number of rotatable bonds is 7. The van der Waals surface area contributed by atoms with E-state index in [4.69, 9.17) is 15.2 Å². The number of hydrogen-bond donors (Lipinski definition) is 3. The number of primary amides is 1. The van der Waals surface area contributed by atoms with Crippen LogP contribution in [0.25, 0.3) is 10.9 Å². The predicted octanol–water partition coefficient (Wildman–Crippen LogP) is 4.92. The second-order valence-electron chi connectivity index (χ2n) is 7.65. The van der Waals surface area contributed by atoms with E-state index in [1.54, 1.807) is 25.3 Å². The third-order valence-corrected chi connectivity index (χ3v) is 5.34. The highest BCUT2D eigenvalue weighted by molar-refractivity contribution is 6.08. The van der Waals surface area contributed by atoms with Crippen molar-refractivity contribution < 1.29 is 19.1 Å². The maximum atomic E-state index is 12.2. The van der Waals surface area contributed by atoms with Crippen LogP contribution in [0.2, 0.25) is 0 Å². The van der Waals surface area contributed by atoms with Gasteiger partial charge in [0.05, 0.1) is 36.6 Å². The maximum Gasteiger partial charge on any atom is 0.337 e. The number of ether oxygens (including phenoxy) is 2. The molecule has 0 atom stereocenters. The van der Waals surface area contributed by atoms with Gasteiger partial charge in [0.25, 0.3) is 5.91 Å². The molecule has 8 nitrogen and oxygen atoms in total. The van der Waals surface area contributed by atoms with E-state index in [0.29, 0.717) is 28.1 Å². The van der Waals surface area contributed by atoms with Crippen LogP contribution in [0.5, 0.6) is 5.75 Å². The molecule has 1 heterocycles. The van der Waals surface area contributed by atoms with Gasteiger partial charge in [0.1, 0.15) is 5.75 Å². The first-order chi connectivity index (χ1) is 16.4. The quantitative estimate of drug-likeness (QED) is 0.338. The summed E-state index contributed by atoms with van der Waals surface area (Å²) in [6.45, 7) is 1.94. The summed E-state index contributed by atoms with van der Waals surface area (Å²) in [5.41, 5.74) is 10.7. The average Bonchev–Trinajstić information content (AvgIpc) is 2.84. The topological polar surface area (TPSA) is 116 Å². The van der Waals surface area contributed by atoms with Crippen LogP contribution in [0.4, 0.5) is 22.7 Å². The molecular formula is C26H24N4O4. The molecule has 34 heavy (non-hydrogen) atoms. The van der Waals surface area contributed by atoms with E-state index in [-0.39, 0.29) is 5.56 Å². The van der Waals surface area contributed by atoms with Crippen LogP contribution in [-0.2, 0) is 4.74 Å². The number of aromatic nitrogens is 1. The van der Waals surface area contributed by atoms with Gasteiger partial charge in [0.15, 0.2) is 0 Å². The summed E-state index contributed by atoms with van der Waals surface area (Å²) in [4.78, 5) is 28.6. The van der Waals surface area contributed by atoms with E-state index < -0.39 is 11.9 Å². The van der Waals surface area contributed by atoms with Crippen molar-refractivity contribution in [2.45, 2.75) is 6.92 Å². The Kier molecular flexibility index (Phi) is 6.31. The Bertz CT molecular complexity index is 1400. The minimum atomic E-state index is -0.596. The van der Waals surface area contributed by atoms with Crippen molar-refractivity contribution in [1.82, 2.24) is 4.98 Å². The summed E-state index contributed by atoms with van der Waals surface area (Å²) >= 11 is 0. The number of benzene rings is 3. The van der Waals surface area contributed by atoms with E-state index >= 15 is 0 Å². The molecule has 4 N–H and O–H groups in total. The Morgan fingerprint density at radius 1 is 0.912 bits per heavy atom. The number of aryl methyl sites for hydroxylation is 1. The molecule has 8 heteroatoms. The molecular weight excluding hydrogens is 432 g/mol. The van der Waals surface area contributed by atoms with Crippen molar-refractivity contribution in [1.29, 1.82) is 0 Å². The molecule has 0 unspecified atom stereocenters. The first-order valence-corrected chi connectivity index (χ1v) is 10.5. The molecule has 0 bridgehead atoms. The summed E-state index contributed by atoms with van der Waals surface area (Å²) in [7, 11) is 2.93. The summed E-state index contributed by atoms with van der Waals surface area (Å²) in [6, 6.07) is 18.2. The molecule has 0 aliphatic carbocycles. The molecule has 1 amide bonds. The summed E-state index contributed by atoms with van der Waals surface area (Å²) in [5, 5.41) is 7.34. The zero-order chi connectivity index (χ0) is 24.2. The third-order valence-electron chi connectivity index (χ3n) is 5.34. The standard InChI is InChI=1S/C26H24N4O4/c1-15-10-19(29-17-7-4-6-16(11-17)26(32)34-3)13-21-23(15)28-14-22(25(27)31)24(21)30-18-8-5-9-20(12-18)33-2/h4-14,29H,1-3H3,(H2,27,31)(H,28,30). The lowest BCUT2D eigenvalue weighted by atomic mass is 10.0. The number of carbonyl (C=O) groups is 2. The number of carbonyl (C=O) groups excluding carboxylic acids is 2. The number of pyridine rings is 1. The zero-order valence-electron chi connectivity index (χ0n) is 19.0. The normalized spacial score (nSPS) is 10.6. The second kappa shape index (κ2) is 9.50. The largest absolute Gasteiger partial charge is 0.497 e. The number of nitrogens with one attached hydrogen (secondary N) is 2. The molecule has 0 aliphatic heterocycles. The fourth-order valence-electron chi connectivity index (χ4n) is 3.73. The highest BCUT2D eigenvalue weighted by atomic mass is 16.5. The van der Waals surface area contributed by atoms with Gasteiger partial charge in [-0.2, -0.15) is 0 Å². The van der Waals surface area contributed by atoms with Crippen molar-refractivity contribution in [3.8, 4) is 5.75 Å². The van der Waals surface area contributed by atoms with Gasteiger partial charge in [0.2, 0.25) is 0 Å². The van der Waals surface area contributed by atoms with Gasteiger partial charge in [-0.3, -0.25) is 9.78 Å². The molecule has 0 fully saturated rings. The van der Waals surface area contributed by atoms with Crippen LogP contribution in [0.3, 0.4) is 0 Å². The number of esters is 1. The van der Waals surface area contributed by atoms with Crippen molar-refractivity contribution in [2.75, 3.05) is 24.9 Å². The van der Waals surface area contributed by atoms with Crippen LogP contribution >= 0.6 is 0 Å². The van der Waals surface area contributed by atoms with Gasteiger partial charge in [-0.15, -0.1) is 0 Å². The van der Waals surface area contributed by atoms with Crippen molar-refractivity contribution in [2.24, 2.45) is 5.73 Å². The van der Waals surface area contributed by atoms with Crippen molar-refractivity contribution >= 4 is 45.5 Å². The number of methoxy groups -OCH3 is 2. The minimum Gasteiger partial charge on any atom is -0.497 e. The van der Waals surface area contributed by atoms with Gasteiger partial charge in [-0.05, 0) is 55.0 Å². The number of nitrogens with two attached hydrogens (primary N) is 1. The lowest BCUT2D eigenvalue weighted by molar-refractivity contribution is 0.0600. The van der Waals surface area contributed by atoms with Gasteiger partial charge < -0.3 is 25.8 Å². The van der Waals surface area contributed by atoms with Crippen LogP contribution in [0.15, 0.2) is 66.9 Å². The third kappa shape index (κ3) is 4.61. The van der Waals surface area contributed by atoms with Crippen LogP contribution in [0.1, 0.15) is 26.3 Å². The van der Waals surface area contributed by atoms with Gasteiger partial charge in [0, 0.05) is 34.7 Å². The van der Waals surface area contributed by atoms with Crippen molar-refractivity contribution in [3.63, 3.8) is 0 Å². The molecule has 3 aromatic carbocycles. The Hall–Kier alpha value is -4.59. The first-order valence-electron chi connectivity index (χ1n) is 10.5. The van der Waals surface area contributed by atoms with Gasteiger partial charge >= 0.3 is 5.97 Å². The lowest BCUT2D eigenvalue weighted by Crippen LogP contribution is -2.14. The highest BCUT2D eigenvalue weighted by Crippen LogP contribution is 2.34. The molecule has 0 saturated heterocycles. The summed E-state index contributed by atoms with van der Waals surface area (Å²) in [6.07, 6.45) is 1.48. The predicted molar refractivity (Wildman–Crippen MR) is 132 cm³/mol. The highest BCUT2D eigenvalue weighted by Gasteiger charge is 2.16. The molecule has 172 valence electrons. The smallest absolute Gasteiger partial charge is 0.337 e. The van der Waals surface area contributed by atoms with Gasteiger partial charge in [-0.25, -0.2) is 4.79 Å². The monoisotopic (exact) mass is 456 g/mol. The second-order valence-corrected chi connectivity index (χ2v) is 7.65. The van der Waals surface area contributed by atoms with Gasteiger partial charge in [-0.1, -0.05) is 12.1 Å². The summed E-state index contributed by atoms with van der Waals surface area (Å²) < 4.78 is 10.1. The molecule has 4 aromatic rings. The number of fused-ring (bicyclic) bond motifs is 1. The number of nitrogens with zero attached hydrogens (tertiary/aromatic N) is 1. The molecule has 0 radical (unpaired) electrons. The maximum absolute atomic E-state index is 12.2. The molecule has 0 aliphatic rings. The number of hydrogen-bond acceptors (Lipinski definition) is 7. The Balaban J connectivity index is 1.81. The Labute approximate surface area is 196 Å². The molecule has 1 aromatic heterocycles. The van der Waals surface area contributed by atoms with E-state index in [1.807, 2.05) is 49.4 Å².